The third-order valence-electron chi connectivity index (χ3n) is 3.62. The lowest BCUT2D eigenvalue weighted by Gasteiger charge is -2.32. The first-order valence-corrected chi connectivity index (χ1v) is 5.98. The van der Waals surface area contributed by atoms with Gasteiger partial charge in [0.05, 0.1) is 0 Å². The second kappa shape index (κ2) is 5.29. The Morgan fingerprint density at radius 1 is 1.38 bits per heavy atom. The Kier molecular flexibility index (Phi) is 4.28. The van der Waals surface area contributed by atoms with Gasteiger partial charge in [-0.2, -0.15) is 0 Å². The van der Waals surface area contributed by atoms with Gasteiger partial charge in [-0.1, -0.05) is 31.6 Å². The van der Waals surface area contributed by atoms with Gasteiger partial charge in [-0.15, -0.1) is 0 Å². The highest BCUT2D eigenvalue weighted by Crippen LogP contribution is 2.40. The van der Waals surface area contributed by atoms with Crippen LogP contribution < -0.4 is 0 Å². The van der Waals surface area contributed by atoms with Crippen molar-refractivity contribution in [3.05, 3.63) is 34.9 Å². The van der Waals surface area contributed by atoms with Gasteiger partial charge in [0.15, 0.2) is 0 Å². The molecule has 0 spiro atoms. The average Bonchev–Trinajstić information content (AvgIpc) is 2.21. The molecule has 1 aliphatic carbocycles. The lowest BCUT2D eigenvalue weighted by atomic mass is 9.73. The summed E-state index contributed by atoms with van der Waals surface area (Å²) in [7, 11) is 0. The fraction of sp³-hybridized carbons (Fsp3) is 0.533. The normalized spacial score (nSPS) is 21.6. The number of carbonyl (C=O) groups excluding carboxylic acids is 1. The van der Waals surface area contributed by atoms with Crippen molar-refractivity contribution >= 4 is 6.29 Å². The van der Waals surface area contributed by atoms with Crippen LogP contribution in [0.1, 0.15) is 47.0 Å². The van der Waals surface area contributed by atoms with E-state index in [0.29, 0.717) is 5.41 Å². The first-order chi connectivity index (χ1) is 7.47. The Balaban J connectivity index is 2.88. The van der Waals surface area contributed by atoms with Gasteiger partial charge in [-0.3, -0.25) is 4.79 Å². The molecule has 0 radical (unpaired) electrons. The van der Waals surface area contributed by atoms with Crippen LogP contribution in [0.5, 0.6) is 0 Å². The van der Waals surface area contributed by atoms with Crippen LogP contribution in [0.15, 0.2) is 34.9 Å². The predicted molar refractivity (Wildman–Crippen MR) is 69.3 cm³/mol. The minimum absolute atomic E-state index is 0.334. The molecule has 0 aliphatic heterocycles. The maximum atomic E-state index is 10.3. The highest BCUT2D eigenvalue weighted by molar-refractivity contribution is 5.67. The summed E-state index contributed by atoms with van der Waals surface area (Å²) in [4.78, 5) is 10.3. The first-order valence-electron chi connectivity index (χ1n) is 5.98. The number of carbonyl (C=O) groups is 1. The van der Waals surface area contributed by atoms with Gasteiger partial charge in [0.25, 0.3) is 0 Å². The Bertz CT molecular complexity index is 354. The zero-order valence-electron chi connectivity index (χ0n) is 10.8. The third kappa shape index (κ3) is 3.19. The summed E-state index contributed by atoms with van der Waals surface area (Å²) >= 11 is 0. The Morgan fingerprint density at radius 2 is 2.06 bits per heavy atom. The molecule has 0 fully saturated rings. The smallest absolute Gasteiger partial charge is 0.143 e. The van der Waals surface area contributed by atoms with Gasteiger partial charge in [-0.05, 0) is 55.7 Å². The van der Waals surface area contributed by atoms with Crippen LogP contribution in [0.25, 0.3) is 0 Å². The molecule has 0 bridgehead atoms. The highest BCUT2D eigenvalue weighted by Gasteiger charge is 2.25. The fourth-order valence-electron chi connectivity index (χ4n) is 2.13. The SMILES string of the molecule is CC1=C(/C=C/C(C)=C/C=O)CCCC1(C)C. The maximum Gasteiger partial charge on any atom is 0.143 e. The molecule has 0 saturated heterocycles. The van der Waals surface area contributed by atoms with Crippen LogP contribution >= 0.6 is 0 Å². The Hall–Kier alpha value is -1.11. The average molecular weight is 218 g/mol. The number of hydrogen-bond donors (Lipinski definition) is 0. The molecule has 0 unspecified atom stereocenters. The second-order valence-corrected chi connectivity index (χ2v) is 5.27. The van der Waals surface area contributed by atoms with Crippen molar-refractivity contribution in [3.63, 3.8) is 0 Å². The quantitative estimate of drug-likeness (QED) is 0.394. The van der Waals surface area contributed by atoms with Crippen molar-refractivity contribution in [3.8, 4) is 0 Å². The summed E-state index contributed by atoms with van der Waals surface area (Å²) < 4.78 is 0. The molecule has 0 aromatic carbocycles. The number of aldehydes is 1. The minimum atomic E-state index is 0.334. The summed E-state index contributed by atoms with van der Waals surface area (Å²) in [5.41, 5.74) is 4.28. The first kappa shape index (κ1) is 13.0. The van der Waals surface area contributed by atoms with Crippen LogP contribution in [-0.4, -0.2) is 6.29 Å². The molecule has 1 heteroatoms. The molecule has 88 valence electrons. The summed E-state index contributed by atoms with van der Waals surface area (Å²) in [6.07, 6.45) is 10.4. The van der Waals surface area contributed by atoms with Crippen LogP contribution in [0.3, 0.4) is 0 Å². The number of allylic oxidation sites excluding steroid dienone is 6. The Morgan fingerprint density at radius 3 is 2.69 bits per heavy atom. The summed E-state index contributed by atoms with van der Waals surface area (Å²) in [5, 5.41) is 0. The van der Waals surface area contributed by atoms with Gasteiger partial charge < -0.3 is 0 Å². The van der Waals surface area contributed by atoms with Crippen LogP contribution in [0, 0.1) is 5.41 Å². The molecule has 1 nitrogen and oxygen atoms in total. The Labute approximate surface area is 98.9 Å². The molecule has 0 atom stereocenters. The maximum absolute atomic E-state index is 10.3. The van der Waals surface area contributed by atoms with Gasteiger partial charge >= 0.3 is 0 Å². The van der Waals surface area contributed by atoms with Crippen LogP contribution in [-0.2, 0) is 4.79 Å². The van der Waals surface area contributed by atoms with E-state index in [1.807, 2.05) is 13.0 Å². The zero-order chi connectivity index (χ0) is 12.2. The fourth-order valence-corrected chi connectivity index (χ4v) is 2.13. The van der Waals surface area contributed by atoms with E-state index in [0.717, 1.165) is 11.9 Å². The molecular weight excluding hydrogens is 196 g/mol. The number of hydrogen-bond acceptors (Lipinski definition) is 1. The summed E-state index contributed by atoms with van der Waals surface area (Å²) in [6, 6.07) is 0. The highest BCUT2D eigenvalue weighted by atomic mass is 16.1. The molecule has 0 saturated carbocycles. The topological polar surface area (TPSA) is 17.1 Å². The van der Waals surface area contributed by atoms with Crippen molar-refractivity contribution in [1.82, 2.24) is 0 Å². The van der Waals surface area contributed by atoms with E-state index in [-0.39, 0.29) is 0 Å². The van der Waals surface area contributed by atoms with Gasteiger partial charge in [-0.25, -0.2) is 0 Å². The van der Waals surface area contributed by atoms with Crippen LogP contribution in [0.4, 0.5) is 0 Å². The van der Waals surface area contributed by atoms with Crippen LogP contribution in [0.2, 0.25) is 0 Å². The van der Waals surface area contributed by atoms with E-state index in [9.17, 15) is 4.79 Å². The van der Waals surface area contributed by atoms with Gasteiger partial charge in [0.1, 0.15) is 6.29 Å². The molecule has 0 amide bonds. The third-order valence-corrected chi connectivity index (χ3v) is 3.62. The van der Waals surface area contributed by atoms with E-state index in [1.165, 1.54) is 30.4 Å². The lowest BCUT2D eigenvalue weighted by Crippen LogP contribution is -2.18. The predicted octanol–water partition coefficient (Wildman–Crippen LogP) is 4.21. The molecule has 0 aromatic heterocycles. The monoisotopic (exact) mass is 218 g/mol. The minimum Gasteiger partial charge on any atom is -0.299 e. The van der Waals surface area contributed by atoms with Crippen molar-refractivity contribution in [2.45, 2.75) is 47.0 Å². The molecule has 16 heavy (non-hydrogen) atoms. The standard InChI is InChI=1S/C15H22O/c1-12(9-11-16)7-8-14-6-5-10-15(3,4)13(14)2/h7-9,11H,5-6,10H2,1-4H3/b8-7+,12-9+. The van der Waals surface area contributed by atoms with E-state index in [4.69, 9.17) is 0 Å². The number of rotatable bonds is 3. The zero-order valence-corrected chi connectivity index (χ0v) is 10.8. The van der Waals surface area contributed by atoms with E-state index in [2.05, 4.69) is 26.8 Å². The van der Waals surface area contributed by atoms with Crippen molar-refractivity contribution in [2.75, 3.05) is 0 Å². The van der Waals surface area contributed by atoms with Gasteiger partial charge in [0.2, 0.25) is 0 Å². The van der Waals surface area contributed by atoms with Gasteiger partial charge in [0, 0.05) is 0 Å². The molecule has 1 rings (SSSR count). The molecule has 1 aliphatic rings. The molecule has 0 aromatic rings. The van der Waals surface area contributed by atoms with E-state index < -0.39 is 0 Å². The summed E-state index contributed by atoms with van der Waals surface area (Å²) in [5.74, 6) is 0. The molecule has 0 heterocycles. The summed E-state index contributed by atoms with van der Waals surface area (Å²) in [6.45, 7) is 8.80. The van der Waals surface area contributed by atoms with Crippen molar-refractivity contribution < 1.29 is 4.79 Å². The molecular formula is C15H22O. The second-order valence-electron chi connectivity index (χ2n) is 5.27. The van der Waals surface area contributed by atoms with E-state index in [1.54, 1.807) is 6.08 Å². The lowest BCUT2D eigenvalue weighted by molar-refractivity contribution is -0.104. The molecule has 0 N–H and O–H groups in total. The van der Waals surface area contributed by atoms with Crippen molar-refractivity contribution in [1.29, 1.82) is 0 Å². The van der Waals surface area contributed by atoms with E-state index >= 15 is 0 Å². The van der Waals surface area contributed by atoms with Crippen molar-refractivity contribution in [2.24, 2.45) is 5.41 Å². The largest absolute Gasteiger partial charge is 0.299 e.